The molecule has 4 heteroatoms. The van der Waals surface area contributed by atoms with E-state index in [1.165, 1.54) is 12.8 Å². The summed E-state index contributed by atoms with van der Waals surface area (Å²) in [4.78, 5) is 11.6. The lowest BCUT2D eigenvalue weighted by Crippen LogP contribution is -2.50. The van der Waals surface area contributed by atoms with E-state index in [1.807, 2.05) is 6.92 Å². The lowest BCUT2D eigenvalue weighted by Gasteiger charge is -2.39. The van der Waals surface area contributed by atoms with Crippen LogP contribution in [0.5, 0.6) is 0 Å². The number of hydrogen-bond donors (Lipinski definition) is 2. The molecule has 0 aliphatic heterocycles. The summed E-state index contributed by atoms with van der Waals surface area (Å²) >= 11 is 0. The van der Waals surface area contributed by atoms with Crippen LogP contribution in [-0.2, 0) is 9.53 Å². The van der Waals surface area contributed by atoms with Crippen LogP contribution in [0.1, 0.15) is 52.4 Å². The van der Waals surface area contributed by atoms with E-state index in [-0.39, 0.29) is 11.9 Å². The molecule has 2 saturated carbocycles. The topological polar surface area (TPSA) is 58.6 Å². The molecule has 0 saturated heterocycles. The summed E-state index contributed by atoms with van der Waals surface area (Å²) < 4.78 is 5.05. The third-order valence-electron chi connectivity index (χ3n) is 4.63. The van der Waals surface area contributed by atoms with Crippen molar-refractivity contribution in [1.29, 1.82) is 0 Å². The molecule has 2 aliphatic carbocycles. The molecule has 2 fully saturated rings. The predicted molar refractivity (Wildman–Crippen MR) is 73.7 cm³/mol. The molecule has 0 bridgehead atoms. The van der Waals surface area contributed by atoms with Crippen molar-refractivity contribution in [3.8, 4) is 0 Å². The van der Waals surface area contributed by atoms with E-state index in [0.29, 0.717) is 32.0 Å². The zero-order chi connectivity index (χ0) is 13.9. The first kappa shape index (κ1) is 14.8. The molecule has 19 heavy (non-hydrogen) atoms. The van der Waals surface area contributed by atoms with Gasteiger partial charge in [-0.1, -0.05) is 6.92 Å². The molecule has 0 aromatic rings. The molecule has 4 nitrogen and oxygen atoms in total. The van der Waals surface area contributed by atoms with Crippen molar-refractivity contribution in [2.75, 3.05) is 13.2 Å². The minimum Gasteiger partial charge on any atom is -0.466 e. The second kappa shape index (κ2) is 6.23. The summed E-state index contributed by atoms with van der Waals surface area (Å²) in [6, 6.07) is 0.585. The highest BCUT2D eigenvalue weighted by molar-refractivity contribution is 5.72. The molecule has 0 amide bonds. The molecule has 0 aromatic carbocycles. The minimum atomic E-state index is -0.623. The maximum Gasteiger partial charge on any atom is 0.308 e. The summed E-state index contributed by atoms with van der Waals surface area (Å²) in [6.45, 7) is 5.21. The molecule has 0 heterocycles. The van der Waals surface area contributed by atoms with Gasteiger partial charge in [0.25, 0.3) is 0 Å². The standard InChI is InChI=1S/C15H27NO3/c1-3-19-14(17)12-4-6-15(18,7-5-12)10-16-13-8-11(2)9-13/h11-13,16,18H,3-10H2,1-2H3. The third kappa shape index (κ3) is 3.93. The number of carbonyl (C=O) groups excluding carboxylic acids is 1. The van der Waals surface area contributed by atoms with Crippen LogP contribution in [0.25, 0.3) is 0 Å². The van der Waals surface area contributed by atoms with E-state index in [1.54, 1.807) is 0 Å². The van der Waals surface area contributed by atoms with Crippen molar-refractivity contribution in [3.05, 3.63) is 0 Å². The van der Waals surface area contributed by atoms with Gasteiger partial charge < -0.3 is 15.2 Å². The first-order chi connectivity index (χ1) is 9.02. The van der Waals surface area contributed by atoms with Gasteiger partial charge in [0.2, 0.25) is 0 Å². The molecule has 0 aromatic heterocycles. The largest absolute Gasteiger partial charge is 0.466 e. The Morgan fingerprint density at radius 1 is 1.37 bits per heavy atom. The van der Waals surface area contributed by atoms with Gasteiger partial charge in [0.05, 0.1) is 18.1 Å². The van der Waals surface area contributed by atoms with Gasteiger partial charge in [-0.15, -0.1) is 0 Å². The zero-order valence-corrected chi connectivity index (χ0v) is 12.2. The van der Waals surface area contributed by atoms with E-state index in [9.17, 15) is 9.90 Å². The molecule has 0 atom stereocenters. The van der Waals surface area contributed by atoms with Gasteiger partial charge in [-0.2, -0.15) is 0 Å². The summed E-state index contributed by atoms with van der Waals surface area (Å²) in [5, 5.41) is 14.0. The van der Waals surface area contributed by atoms with Crippen molar-refractivity contribution in [3.63, 3.8) is 0 Å². The maximum atomic E-state index is 11.6. The molecule has 2 aliphatic rings. The van der Waals surface area contributed by atoms with Gasteiger partial charge >= 0.3 is 5.97 Å². The Bertz CT molecular complexity index is 305. The maximum absolute atomic E-state index is 11.6. The van der Waals surface area contributed by atoms with Crippen molar-refractivity contribution < 1.29 is 14.6 Å². The summed E-state index contributed by atoms with van der Waals surface area (Å²) in [5.41, 5.74) is -0.623. The fourth-order valence-electron chi connectivity index (χ4n) is 3.23. The zero-order valence-electron chi connectivity index (χ0n) is 12.2. The number of ether oxygens (including phenoxy) is 1. The Morgan fingerprint density at radius 2 is 2.00 bits per heavy atom. The van der Waals surface area contributed by atoms with E-state index < -0.39 is 5.60 Å². The fraction of sp³-hybridized carbons (Fsp3) is 0.933. The van der Waals surface area contributed by atoms with Crippen LogP contribution in [0.3, 0.4) is 0 Å². The fourth-order valence-corrected chi connectivity index (χ4v) is 3.23. The van der Waals surface area contributed by atoms with Crippen molar-refractivity contribution in [1.82, 2.24) is 5.32 Å². The molecule has 2 rings (SSSR count). The Labute approximate surface area is 115 Å². The Hall–Kier alpha value is -0.610. The van der Waals surface area contributed by atoms with E-state index in [2.05, 4.69) is 12.2 Å². The van der Waals surface area contributed by atoms with Crippen molar-refractivity contribution >= 4 is 5.97 Å². The Morgan fingerprint density at radius 3 is 2.53 bits per heavy atom. The van der Waals surface area contributed by atoms with Gasteiger partial charge in [-0.05, 0) is 51.4 Å². The summed E-state index contributed by atoms with van der Waals surface area (Å²) in [7, 11) is 0. The van der Waals surface area contributed by atoms with Gasteiger partial charge in [-0.25, -0.2) is 0 Å². The highest BCUT2D eigenvalue weighted by Crippen LogP contribution is 2.33. The smallest absolute Gasteiger partial charge is 0.308 e. The van der Waals surface area contributed by atoms with Crippen LogP contribution in [0.2, 0.25) is 0 Å². The molecular formula is C15H27NO3. The number of aliphatic hydroxyl groups is 1. The van der Waals surface area contributed by atoms with Gasteiger partial charge in [0.15, 0.2) is 0 Å². The average molecular weight is 269 g/mol. The third-order valence-corrected chi connectivity index (χ3v) is 4.63. The summed E-state index contributed by atoms with van der Waals surface area (Å²) in [5.74, 6) is 0.723. The number of hydrogen-bond acceptors (Lipinski definition) is 4. The Kier molecular flexibility index (Phi) is 4.85. The van der Waals surface area contributed by atoms with Crippen LogP contribution in [-0.4, -0.2) is 35.9 Å². The molecular weight excluding hydrogens is 242 g/mol. The predicted octanol–water partition coefficient (Wildman–Crippen LogP) is 1.86. The number of esters is 1. The monoisotopic (exact) mass is 269 g/mol. The van der Waals surface area contributed by atoms with Crippen LogP contribution < -0.4 is 5.32 Å². The van der Waals surface area contributed by atoms with Gasteiger partial charge in [0, 0.05) is 12.6 Å². The van der Waals surface area contributed by atoms with Crippen LogP contribution in [0.15, 0.2) is 0 Å². The van der Waals surface area contributed by atoms with Crippen molar-refractivity contribution in [2.45, 2.75) is 64.0 Å². The van der Waals surface area contributed by atoms with Gasteiger partial charge in [-0.3, -0.25) is 4.79 Å². The van der Waals surface area contributed by atoms with Crippen LogP contribution >= 0.6 is 0 Å². The molecule has 2 N–H and O–H groups in total. The first-order valence-corrected chi connectivity index (χ1v) is 7.65. The summed E-state index contributed by atoms with van der Waals surface area (Å²) in [6.07, 6.45) is 5.34. The average Bonchev–Trinajstić information content (AvgIpc) is 2.34. The highest BCUT2D eigenvalue weighted by Gasteiger charge is 2.37. The molecule has 110 valence electrons. The second-order valence-electron chi connectivity index (χ2n) is 6.41. The van der Waals surface area contributed by atoms with Crippen LogP contribution in [0, 0.1) is 11.8 Å². The Balaban J connectivity index is 1.70. The number of nitrogens with one attached hydrogen (secondary N) is 1. The SMILES string of the molecule is CCOC(=O)C1CCC(O)(CNC2CC(C)C2)CC1. The van der Waals surface area contributed by atoms with Gasteiger partial charge in [0.1, 0.15) is 0 Å². The molecule has 0 spiro atoms. The van der Waals surface area contributed by atoms with E-state index in [0.717, 1.165) is 18.8 Å². The van der Waals surface area contributed by atoms with E-state index in [4.69, 9.17) is 4.74 Å². The number of carbonyl (C=O) groups is 1. The van der Waals surface area contributed by atoms with Crippen molar-refractivity contribution in [2.24, 2.45) is 11.8 Å². The lowest BCUT2D eigenvalue weighted by atomic mass is 9.77. The first-order valence-electron chi connectivity index (χ1n) is 7.65. The second-order valence-corrected chi connectivity index (χ2v) is 6.41. The molecule has 0 radical (unpaired) electrons. The highest BCUT2D eigenvalue weighted by atomic mass is 16.5. The van der Waals surface area contributed by atoms with E-state index >= 15 is 0 Å². The normalized spacial score (nSPS) is 38.6. The quantitative estimate of drug-likeness (QED) is 0.748. The number of rotatable bonds is 5. The van der Waals surface area contributed by atoms with Crippen LogP contribution in [0.4, 0.5) is 0 Å². The molecule has 0 unspecified atom stereocenters. The lowest BCUT2D eigenvalue weighted by molar-refractivity contribution is -0.151. The minimum absolute atomic E-state index is 0.0102.